The van der Waals surface area contributed by atoms with Crippen molar-refractivity contribution in [3.05, 3.63) is 54.9 Å². The first-order valence-electron chi connectivity index (χ1n) is 10.9. The van der Waals surface area contributed by atoms with Crippen molar-refractivity contribution in [2.24, 2.45) is 0 Å². The molecule has 0 saturated carbocycles. The average Bonchev–Trinajstić information content (AvgIpc) is 3.51. The van der Waals surface area contributed by atoms with E-state index >= 15 is 0 Å². The molecule has 168 valence electrons. The zero-order chi connectivity index (χ0) is 22.2. The molecule has 1 aliphatic rings. The molecule has 3 aromatic rings. The lowest BCUT2D eigenvalue weighted by Crippen LogP contribution is -2.25. The summed E-state index contributed by atoms with van der Waals surface area (Å²) in [5, 5.41) is 19.5. The van der Waals surface area contributed by atoms with Crippen LogP contribution in [-0.4, -0.2) is 59.0 Å². The van der Waals surface area contributed by atoms with Gasteiger partial charge in [0.1, 0.15) is 12.4 Å². The van der Waals surface area contributed by atoms with Crippen LogP contribution in [0.15, 0.2) is 54.9 Å². The highest BCUT2D eigenvalue weighted by Gasteiger charge is 2.14. The Balaban J connectivity index is 1.37. The van der Waals surface area contributed by atoms with Crippen molar-refractivity contribution in [1.82, 2.24) is 15.1 Å². The van der Waals surface area contributed by atoms with Crippen LogP contribution in [0.5, 0.6) is 17.2 Å². The van der Waals surface area contributed by atoms with Gasteiger partial charge in [0.25, 0.3) is 0 Å². The number of nitrogens with zero attached hydrogens (tertiary/aromatic N) is 2. The normalized spacial score (nSPS) is 13.8. The van der Waals surface area contributed by atoms with E-state index in [1.54, 1.807) is 30.5 Å². The topological polar surface area (TPSA) is 99.7 Å². The fourth-order valence-electron chi connectivity index (χ4n) is 3.67. The molecule has 3 N–H and O–H groups in total. The highest BCUT2D eigenvalue weighted by Crippen LogP contribution is 2.31. The van der Waals surface area contributed by atoms with Gasteiger partial charge >= 0.3 is 0 Å². The van der Waals surface area contributed by atoms with Gasteiger partial charge in [0.05, 0.1) is 24.9 Å². The lowest BCUT2D eigenvalue weighted by atomic mass is 10.1. The molecule has 8 nitrogen and oxygen atoms in total. The first-order valence-corrected chi connectivity index (χ1v) is 10.9. The van der Waals surface area contributed by atoms with Crippen LogP contribution in [0.3, 0.4) is 0 Å². The van der Waals surface area contributed by atoms with Crippen molar-refractivity contribution >= 4 is 11.6 Å². The van der Waals surface area contributed by atoms with Crippen LogP contribution in [0.4, 0.5) is 5.69 Å². The second-order valence-electron chi connectivity index (χ2n) is 7.71. The predicted molar refractivity (Wildman–Crippen MR) is 122 cm³/mol. The van der Waals surface area contributed by atoms with Crippen LogP contribution in [0.25, 0.3) is 11.1 Å². The Kier molecular flexibility index (Phi) is 7.24. The number of aromatic hydroxyl groups is 1. The Morgan fingerprint density at radius 1 is 1.06 bits per heavy atom. The molecule has 1 saturated heterocycles. The lowest BCUT2D eigenvalue weighted by Gasteiger charge is -2.17. The average molecular weight is 437 g/mol. The van der Waals surface area contributed by atoms with Crippen molar-refractivity contribution < 1.29 is 19.4 Å². The van der Waals surface area contributed by atoms with E-state index in [2.05, 4.69) is 20.4 Å². The minimum absolute atomic E-state index is 0.0523. The largest absolute Gasteiger partial charge is 0.504 e. The molecule has 4 rings (SSSR count). The summed E-state index contributed by atoms with van der Waals surface area (Å²) in [4.78, 5) is 14.9. The maximum absolute atomic E-state index is 12.5. The number of nitrogens with one attached hydrogen (secondary N) is 2. The van der Waals surface area contributed by atoms with Gasteiger partial charge in [-0.1, -0.05) is 18.2 Å². The molecule has 2 heterocycles. The Bertz CT molecular complexity index is 1020. The second-order valence-corrected chi connectivity index (χ2v) is 7.71. The number of likely N-dealkylation sites (tertiary alicyclic amines) is 1. The number of aromatic amines is 1. The van der Waals surface area contributed by atoms with E-state index in [1.807, 2.05) is 24.4 Å². The molecule has 8 heteroatoms. The van der Waals surface area contributed by atoms with Crippen LogP contribution in [0, 0.1) is 0 Å². The van der Waals surface area contributed by atoms with Crippen molar-refractivity contribution in [2.45, 2.75) is 19.3 Å². The van der Waals surface area contributed by atoms with Gasteiger partial charge in [-0.2, -0.15) is 5.10 Å². The van der Waals surface area contributed by atoms with E-state index < -0.39 is 0 Å². The number of amides is 1. The van der Waals surface area contributed by atoms with Crippen molar-refractivity contribution in [3.63, 3.8) is 0 Å². The summed E-state index contributed by atoms with van der Waals surface area (Å²) in [6, 6.07) is 12.4. The zero-order valence-electron chi connectivity index (χ0n) is 17.9. The maximum Gasteiger partial charge on any atom is 0.227 e. The minimum atomic E-state index is -0.194. The van der Waals surface area contributed by atoms with Crippen molar-refractivity contribution in [2.75, 3.05) is 38.2 Å². The van der Waals surface area contributed by atoms with Crippen LogP contribution in [0.1, 0.15) is 19.3 Å². The van der Waals surface area contributed by atoms with E-state index in [-0.39, 0.29) is 24.7 Å². The van der Waals surface area contributed by atoms with Gasteiger partial charge in [0, 0.05) is 18.3 Å². The molecule has 32 heavy (non-hydrogen) atoms. The summed E-state index contributed by atoms with van der Waals surface area (Å²) in [5.41, 5.74) is 2.52. The van der Waals surface area contributed by atoms with Gasteiger partial charge in [-0.15, -0.1) is 0 Å². The second kappa shape index (κ2) is 10.7. The van der Waals surface area contributed by atoms with E-state index in [0.717, 1.165) is 30.8 Å². The quantitative estimate of drug-likeness (QED) is 0.449. The highest BCUT2D eigenvalue weighted by molar-refractivity contribution is 5.93. The molecular formula is C24H28N4O4. The first-order chi connectivity index (χ1) is 15.7. The van der Waals surface area contributed by atoms with Crippen LogP contribution in [0.2, 0.25) is 0 Å². The molecule has 2 aromatic carbocycles. The molecule has 0 unspecified atom stereocenters. The number of hydrogen-bond donors (Lipinski definition) is 3. The number of carbonyl (C=O) groups excluding carboxylic acids is 1. The van der Waals surface area contributed by atoms with Gasteiger partial charge in [0.2, 0.25) is 5.91 Å². The lowest BCUT2D eigenvalue weighted by molar-refractivity contribution is -0.116. The number of carbonyl (C=O) groups is 1. The third-order valence-corrected chi connectivity index (χ3v) is 5.40. The number of rotatable bonds is 10. The molecule has 1 amide bonds. The van der Waals surface area contributed by atoms with Gasteiger partial charge < -0.3 is 19.9 Å². The SMILES string of the molecule is O=C(CCOc1ccccc1O)Nc1ccc(-c2cn[nH]c2)cc1OCCN1CCCC1. The molecule has 0 bridgehead atoms. The number of phenols is 1. The van der Waals surface area contributed by atoms with E-state index in [4.69, 9.17) is 9.47 Å². The van der Waals surface area contributed by atoms with E-state index in [9.17, 15) is 9.90 Å². The fourth-order valence-corrected chi connectivity index (χ4v) is 3.67. The van der Waals surface area contributed by atoms with Gasteiger partial charge in [0.15, 0.2) is 11.5 Å². The van der Waals surface area contributed by atoms with Crippen LogP contribution >= 0.6 is 0 Å². The number of phenolic OH excluding ortho intramolecular Hbond substituents is 1. The van der Waals surface area contributed by atoms with Crippen molar-refractivity contribution in [3.8, 4) is 28.4 Å². The molecule has 0 atom stereocenters. The Morgan fingerprint density at radius 3 is 2.66 bits per heavy atom. The molecule has 1 aromatic heterocycles. The number of ether oxygens (including phenoxy) is 2. The summed E-state index contributed by atoms with van der Waals surface area (Å²) < 4.78 is 11.6. The number of benzene rings is 2. The minimum Gasteiger partial charge on any atom is -0.504 e. The van der Waals surface area contributed by atoms with Crippen molar-refractivity contribution in [1.29, 1.82) is 0 Å². The summed E-state index contributed by atoms with van der Waals surface area (Å²) in [6.07, 6.45) is 6.18. The predicted octanol–water partition coefficient (Wildman–Crippen LogP) is 3.66. The smallest absolute Gasteiger partial charge is 0.227 e. The standard InChI is InChI=1S/C24H28N4O4/c29-21-5-1-2-6-22(21)31-13-9-24(30)27-20-8-7-18(19-16-25-26-17-19)15-23(20)32-14-12-28-10-3-4-11-28/h1-2,5-8,15-17,29H,3-4,9-14H2,(H,25,26)(H,27,30). The number of aromatic nitrogens is 2. The number of anilines is 1. The Hall–Kier alpha value is -3.52. The number of H-pyrrole nitrogens is 1. The monoisotopic (exact) mass is 436 g/mol. The van der Waals surface area contributed by atoms with Gasteiger partial charge in [-0.05, 0) is 55.8 Å². The molecular weight excluding hydrogens is 408 g/mol. The van der Waals surface area contributed by atoms with Gasteiger partial charge in [-0.3, -0.25) is 14.8 Å². The molecule has 0 aliphatic carbocycles. The van der Waals surface area contributed by atoms with Gasteiger partial charge in [-0.25, -0.2) is 0 Å². The zero-order valence-corrected chi connectivity index (χ0v) is 17.9. The van der Waals surface area contributed by atoms with Crippen LogP contribution in [-0.2, 0) is 4.79 Å². The number of hydrogen-bond acceptors (Lipinski definition) is 6. The molecule has 1 fully saturated rings. The molecule has 0 radical (unpaired) electrons. The number of para-hydroxylation sites is 2. The van der Waals surface area contributed by atoms with E-state index in [1.165, 1.54) is 12.8 Å². The third kappa shape index (κ3) is 5.79. The summed E-state index contributed by atoms with van der Waals surface area (Å²) in [5.74, 6) is 0.839. The Morgan fingerprint density at radius 2 is 1.88 bits per heavy atom. The maximum atomic E-state index is 12.5. The Labute approximate surface area is 187 Å². The first kappa shape index (κ1) is 21.7. The van der Waals surface area contributed by atoms with E-state index in [0.29, 0.717) is 23.8 Å². The highest BCUT2D eigenvalue weighted by atomic mass is 16.5. The summed E-state index contributed by atoms with van der Waals surface area (Å²) >= 11 is 0. The summed E-state index contributed by atoms with van der Waals surface area (Å²) in [6.45, 7) is 3.78. The van der Waals surface area contributed by atoms with Crippen LogP contribution < -0.4 is 14.8 Å². The fraction of sp³-hybridized carbons (Fsp3) is 0.333. The molecule has 1 aliphatic heterocycles. The third-order valence-electron chi connectivity index (χ3n) is 5.40. The molecule has 0 spiro atoms. The summed E-state index contributed by atoms with van der Waals surface area (Å²) in [7, 11) is 0.